The minimum atomic E-state index is -1.17. The lowest BCUT2D eigenvalue weighted by Gasteiger charge is -2.19. The normalized spacial score (nSPS) is 22.2. The Hall–Kier alpha value is -1.11. The fourth-order valence-corrected chi connectivity index (χ4v) is 4.41. The lowest BCUT2D eigenvalue weighted by Crippen LogP contribution is -2.47. The maximum atomic E-state index is 11.9. The first-order chi connectivity index (χ1) is 9.67. The molecule has 1 aromatic carbocycles. The van der Waals surface area contributed by atoms with Crippen LogP contribution in [0.15, 0.2) is 24.3 Å². The first-order valence-corrected chi connectivity index (χ1v) is 8.57. The van der Waals surface area contributed by atoms with E-state index in [9.17, 15) is 9.90 Å². The summed E-state index contributed by atoms with van der Waals surface area (Å²) >= 11 is 3.27. The predicted molar refractivity (Wildman–Crippen MR) is 83.2 cm³/mol. The van der Waals surface area contributed by atoms with Crippen molar-refractivity contribution in [3.63, 3.8) is 0 Å². The van der Waals surface area contributed by atoms with Crippen molar-refractivity contribution in [3.05, 3.63) is 29.3 Å². The largest absolute Gasteiger partial charge is 0.379 e. The maximum Gasteiger partial charge on any atom is 0.252 e. The zero-order valence-electron chi connectivity index (χ0n) is 11.0. The number of nitrogens with one attached hydrogen (secondary N) is 1. The predicted octanol–water partition coefficient (Wildman–Crippen LogP) is 1.82. The third-order valence-corrected chi connectivity index (χ3v) is 5.66. The number of hydrogen-bond donors (Lipinski definition) is 2. The van der Waals surface area contributed by atoms with Gasteiger partial charge in [0, 0.05) is 18.7 Å². The van der Waals surface area contributed by atoms with E-state index >= 15 is 0 Å². The zero-order valence-corrected chi connectivity index (χ0v) is 12.6. The van der Waals surface area contributed by atoms with Crippen molar-refractivity contribution in [3.8, 4) is 0 Å². The zero-order chi connectivity index (χ0) is 14.0. The highest BCUT2D eigenvalue weighted by atomic mass is 32.2. The van der Waals surface area contributed by atoms with Gasteiger partial charge in [0.1, 0.15) is 0 Å². The Balaban J connectivity index is 1.56. The molecule has 2 aromatic rings. The van der Waals surface area contributed by atoms with Crippen molar-refractivity contribution in [2.75, 3.05) is 18.1 Å². The van der Waals surface area contributed by atoms with Crippen LogP contribution in [0.5, 0.6) is 0 Å². The van der Waals surface area contributed by atoms with Crippen molar-refractivity contribution in [1.82, 2.24) is 10.3 Å². The Kier molecular flexibility index (Phi) is 3.96. The van der Waals surface area contributed by atoms with Crippen molar-refractivity contribution in [1.29, 1.82) is 0 Å². The number of aromatic nitrogens is 1. The van der Waals surface area contributed by atoms with Gasteiger partial charge in [0.2, 0.25) is 0 Å². The van der Waals surface area contributed by atoms with Gasteiger partial charge in [-0.25, -0.2) is 4.98 Å². The summed E-state index contributed by atoms with van der Waals surface area (Å²) in [6.07, 6.45) is 1.25. The molecule has 106 valence electrons. The first kappa shape index (κ1) is 13.9. The van der Waals surface area contributed by atoms with E-state index in [1.165, 1.54) is 4.70 Å². The molecule has 0 radical (unpaired) electrons. The van der Waals surface area contributed by atoms with Gasteiger partial charge < -0.3 is 10.4 Å². The molecule has 0 bridgehead atoms. The molecule has 1 unspecified atom stereocenters. The number of para-hydroxylation sites is 1. The minimum absolute atomic E-state index is 0.247. The van der Waals surface area contributed by atoms with Crippen molar-refractivity contribution in [2.45, 2.75) is 18.4 Å². The van der Waals surface area contributed by atoms with E-state index in [2.05, 4.69) is 10.3 Å². The molecule has 1 aromatic heterocycles. The fraction of sp³-hybridized carbons (Fsp3) is 0.429. The van der Waals surface area contributed by atoms with Gasteiger partial charge in [-0.15, -0.1) is 11.3 Å². The number of benzene rings is 1. The molecular weight excluding hydrogens is 292 g/mol. The first-order valence-electron chi connectivity index (χ1n) is 6.60. The average molecular weight is 308 g/mol. The third kappa shape index (κ3) is 2.82. The van der Waals surface area contributed by atoms with Crippen LogP contribution < -0.4 is 5.32 Å². The number of amides is 1. The number of carbonyl (C=O) groups excluding carboxylic acids is 1. The summed E-state index contributed by atoms with van der Waals surface area (Å²) in [6, 6.07) is 8.01. The van der Waals surface area contributed by atoms with Gasteiger partial charge in [-0.2, -0.15) is 11.8 Å². The van der Waals surface area contributed by atoms with Crippen LogP contribution in [0.25, 0.3) is 10.2 Å². The second-order valence-corrected chi connectivity index (χ2v) is 7.14. The Morgan fingerprint density at radius 1 is 1.45 bits per heavy atom. The second kappa shape index (κ2) is 5.71. The molecule has 1 aliphatic heterocycles. The van der Waals surface area contributed by atoms with Crippen molar-refractivity contribution >= 4 is 39.2 Å². The van der Waals surface area contributed by atoms with Gasteiger partial charge >= 0.3 is 0 Å². The van der Waals surface area contributed by atoms with Gasteiger partial charge in [-0.3, -0.25) is 4.79 Å². The number of nitrogens with zero attached hydrogens (tertiary/aromatic N) is 1. The highest BCUT2D eigenvalue weighted by molar-refractivity contribution is 7.99. The van der Waals surface area contributed by atoms with Gasteiger partial charge in [0.25, 0.3) is 5.91 Å². The molecule has 3 rings (SSSR count). The fourth-order valence-electron chi connectivity index (χ4n) is 2.21. The smallest absolute Gasteiger partial charge is 0.252 e. The highest BCUT2D eigenvalue weighted by Gasteiger charge is 2.39. The Morgan fingerprint density at radius 3 is 3.05 bits per heavy atom. The van der Waals surface area contributed by atoms with E-state index in [1.807, 2.05) is 24.3 Å². The third-order valence-electron chi connectivity index (χ3n) is 3.39. The number of thioether (sulfide) groups is 1. The highest BCUT2D eigenvalue weighted by Crippen LogP contribution is 2.28. The molecule has 0 saturated carbocycles. The Morgan fingerprint density at radius 2 is 2.30 bits per heavy atom. The summed E-state index contributed by atoms with van der Waals surface area (Å²) < 4.78 is 1.17. The van der Waals surface area contributed by atoms with Crippen molar-refractivity contribution in [2.24, 2.45) is 0 Å². The van der Waals surface area contributed by atoms with E-state index < -0.39 is 5.60 Å². The molecule has 4 nitrogen and oxygen atoms in total. The van der Waals surface area contributed by atoms with E-state index in [1.54, 1.807) is 23.1 Å². The molecule has 20 heavy (non-hydrogen) atoms. The van der Waals surface area contributed by atoms with Crippen LogP contribution >= 0.6 is 23.1 Å². The molecule has 1 fully saturated rings. The number of hydrogen-bond acceptors (Lipinski definition) is 5. The molecule has 1 saturated heterocycles. The monoisotopic (exact) mass is 308 g/mol. The number of aliphatic hydroxyl groups is 1. The van der Waals surface area contributed by atoms with Crippen LogP contribution in [-0.2, 0) is 11.2 Å². The number of rotatable bonds is 4. The van der Waals surface area contributed by atoms with Crippen LogP contribution in [-0.4, -0.2) is 39.6 Å². The van der Waals surface area contributed by atoms with Gasteiger partial charge in [-0.05, 0) is 24.3 Å². The molecule has 1 amide bonds. The summed E-state index contributed by atoms with van der Waals surface area (Å²) in [4.78, 5) is 16.5. The number of thiazole rings is 1. The quantitative estimate of drug-likeness (QED) is 0.904. The lowest BCUT2D eigenvalue weighted by atomic mass is 10.0. The van der Waals surface area contributed by atoms with Gasteiger partial charge in [-0.1, -0.05) is 12.1 Å². The molecule has 1 atom stereocenters. The van der Waals surface area contributed by atoms with E-state index in [0.717, 1.165) is 16.3 Å². The molecule has 2 N–H and O–H groups in total. The summed E-state index contributed by atoms with van der Waals surface area (Å²) in [6.45, 7) is 0.519. The van der Waals surface area contributed by atoms with E-state index in [-0.39, 0.29) is 5.91 Å². The molecule has 0 spiro atoms. The molecule has 0 aliphatic carbocycles. The summed E-state index contributed by atoms with van der Waals surface area (Å²) in [5.74, 6) is 1.10. The van der Waals surface area contributed by atoms with Crippen LogP contribution in [0.1, 0.15) is 11.4 Å². The van der Waals surface area contributed by atoms with Crippen LogP contribution in [0.4, 0.5) is 0 Å². The molecule has 6 heteroatoms. The van der Waals surface area contributed by atoms with Gasteiger partial charge in [0.15, 0.2) is 5.60 Å². The SMILES string of the molecule is O=C(NCCc1nc2ccccc2s1)C1(O)CCSC1. The Bertz CT molecular complexity index is 587. The van der Waals surface area contributed by atoms with Crippen LogP contribution in [0, 0.1) is 0 Å². The van der Waals surface area contributed by atoms with E-state index in [4.69, 9.17) is 0 Å². The topological polar surface area (TPSA) is 62.2 Å². The van der Waals surface area contributed by atoms with Crippen LogP contribution in [0.2, 0.25) is 0 Å². The summed E-state index contributed by atoms with van der Waals surface area (Å²) in [5.41, 5.74) is -0.164. The van der Waals surface area contributed by atoms with E-state index in [0.29, 0.717) is 25.1 Å². The molecule has 2 heterocycles. The number of carbonyl (C=O) groups is 1. The summed E-state index contributed by atoms with van der Waals surface area (Å²) in [5, 5.41) is 14.0. The average Bonchev–Trinajstić information content (AvgIpc) is 3.05. The molecule has 1 aliphatic rings. The second-order valence-electron chi connectivity index (χ2n) is 4.92. The summed E-state index contributed by atoms with van der Waals surface area (Å²) in [7, 11) is 0. The molecular formula is C14H16N2O2S2. The van der Waals surface area contributed by atoms with Crippen molar-refractivity contribution < 1.29 is 9.90 Å². The lowest BCUT2D eigenvalue weighted by molar-refractivity contribution is -0.137. The standard InChI is InChI=1S/C14H16N2O2S2/c17-13(14(18)6-8-19-9-14)15-7-5-12-16-10-3-1-2-4-11(10)20-12/h1-4,18H,5-9H2,(H,15,17). The Labute approximate surface area is 125 Å². The minimum Gasteiger partial charge on any atom is -0.379 e. The van der Waals surface area contributed by atoms with Gasteiger partial charge in [0.05, 0.1) is 15.2 Å². The maximum absolute atomic E-state index is 11.9. The van der Waals surface area contributed by atoms with Crippen LogP contribution in [0.3, 0.4) is 0 Å². The number of fused-ring (bicyclic) bond motifs is 1.